The van der Waals surface area contributed by atoms with Crippen molar-refractivity contribution in [2.45, 2.75) is 44.9 Å². The van der Waals surface area contributed by atoms with Crippen LogP contribution in [0.2, 0.25) is 0 Å². The van der Waals surface area contributed by atoms with E-state index in [1.54, 1.807) is 12.3 Å². The number of pyridine rings is 1. The highest BCUT2D eigenvalue weighted by atomic mass is 16.7. The maximum atomic E-state index is 12.5. The number of rotatable bonds is 4. The molecular formula is C22H29N5O3. The Balaban J connectivity index is 1.34. The second-order valence-corrected chi connectivity index (χ2v) is 7.97. The summed E-state index contributed by atoms with van der Waals surface area (Å²) in [5, 5.41) is 0. The number of likely N-dealkylation sites (tertiary alicyclic amines) is 1. The zero-order valence-electron chi connectivity index (χ0n) is 17.3. The molecule has 0 spiro atoms. The molecule has 8 nitrogen and oxygen atoms in total. The van der Waals surface area contributed by atoms with Gasteiger partial charge in [-0.15, -0.1) is 0 Å². The number of hydrogen-bond acceptors (Lipinski definition) is 7. The minimum atomic E-state index is -0.682. The van der Waals surface area contributed by atoms with E-state index in [0.717, 1.165) is 56.8 Å². The van der Waals surface area contributed by atoms with Gasteiger partial charge in [0.1, 0.15) is 5.71 Å². The van der Waals surface area contributed by atoms with Crippen LogP contribution < -0.4 is 10.4 Å². The summed E-state index contributed by atoms with van der Waals surface area (Å²) in [5.41, 5.74) is 4.80. The zero-order chi connectivity index (χ0) is 20.8. The molecule has 0 unspecified atom stereocenters. The van der Waals surface area contributed by atoms with E-state index >= 15 is 0 Å². The van der Waals surface area contributed by atoms with Gasteiger partial charge in [-0.25, -0.2) is 9.78 Å². The third kappa shape index (κ3) is 4.98. The van der Waals surface area contributed by atoms with Gasteiger partial charge in [0.2, 0.25) is 0 Å². The van der Waals surface area contributed by atoms with Crippen molar-refractivity contribution in [1.82, 2.24) is 15.4 Å². The van der Waals surface area contributed by atoms with Gasteiger partial charge in [0.25, 0.3) is 0 Å². The molecule has 0 radical (unpaired) electrons. The van der Waals surface area contributed by atoms with Gasteiger partial charge in [0.05, 0.1) is 0 Å². The number of dihydropyridines is 1. The Kier molecular flexibility index (Phi) is 6.61. The number of nitrogens with zero attached hydrogens (tertiary/aromatic N) is 4. The molecule has 3 aliphatic heterocycles. The summed E-state index contributed by atoms with van der Waals surface area (Å²) in [4.78, 5) is 42.8. The van der Waals surface area contributed by atoms with Gasteiger partial charge in [-0.1, -0.05) is 0 Å². The fraction of sp³-hybridized carbons (Fsp3) is 0.545. The largest absolute Gasteiger partial charge is 0.381 e. The summed E-state index contributed by atoms with van der Waals surface area (Å²) in [6.45, 7) is 4.56. The van der Waals surface area contributed by atoms with Crippen molar-refractivity contribution in [3.05, 3.63) is 35.8 Å². The highest BCUT2D eigenvalue weighted by molar-refractivity contribution is 6.43. The third-order valence-corrected chi connectivity index (χ3v) is 5.86. The summed E-state index contributed by atoms with van der Waals surface area (Å²) in [5.74, 6) is -1.19. The Morgan fingerprint density at radius 2 is 1.67 bits per heavy atom. The lowest BCUT2D eigenvalue weighted by Crippen LogP contribution is -2.36. The summed E-state index contributed by atoms with van der Waals surface area (Å²) < 4.78 is 0. The lowest BCUT2D eigenvalue weighted by molar-refractivity contribution is -0.123. The van der Waals surface area contributed by atoms with E-state index in [0.29, 0.717) is 12.3 Å². The number of amides is 1. The Morgan fingerprint density at radius 3 is 2.40 bits per heavy atom. The van der Waals surface area contributed by atoms with Crippen LogP contribution in [0.5, 0.6) is 0 Å². The molecule has 30 heavy (non-hydrogen) atoms. The second-order valence-electron chi connectivity index (χ2n) is 7.97. The fourth-order valence-corrected chi connectivity index (χ4v) is 4.21. The van der Waals surface area contributed by atoms with Crippen LogP contribution in [0.4, 0.5) is 5.69 Å². The van der Waals surface area contributed by atoms with Crippen molar-refractivity contribution in [2.24, 2.45) is 4.99 Å². The molecule has 8 heteroatoms. The molecule has 2 fully saturated rings. The number of anilines is 1. The van der Waals surface area contributed by atoms with Gasteiger partial charge in [-0.05, 0) is 56.7 Å². The van der Waals surface area contributed by atoms with Crippen LogP contribution in [0.3, 0.4) is 0 Å². The van der Waals surface area contributed by atoms with E-state index in [-0.39, 0.29) is 5.69 Å². The van der Waals surface area contributed by atoms with Crippen LogP contribution >= 0.6 is 0 Å². The molecule has 1 amide bonds. The number of hydrogen-bond donors (Lipinski definition) is 1. The molecule has 4 heterocycles. The van der Waals surface area contributed by atoms with Crippen molar-refractivity contribution >= 4 is 23.3 Å². The van der Waals surface area contributed by atoms with E-state index in [2.05, 4.69) is 25.3 Å². The molecule has 0 atom stereocenters. The molecule has 0 aromatic carbocycles. The lowest BCUT2D eigenvalue weighted by Gasteiger charge is -2.32. The third-order valence-electron chi connectivity index (χ3n) is 5.86. The second kappa shape index (κ2) is 9.73. The molecule has 2 saturated heterocycles. The summed E-state index contributed by atoms with van der Waals surface area (Å²) in [6.07, 6.45) is 11.4. The highest BCUT2D eigenvalue weighted by Gasteiger charge is 2.21. The van der Waals surface area contributed by atoms with E-state index in [9.17, 15) is 9.59 Å². The van der Waals surface area contributed by atoms with Crippen LogP contribution in [-0.4, -0.2) is 60.2 Å². The molecule has 1 aromatic rings. The average molecular weight is 412 g/mol. The number of carbonyl (C=O) groups excluding carboxylic acids is 2. The molecule has 0 saturated carbocycles. The molecule has 1 N–H and O–H groups in total. The van der Waals surface area contributed by atoms with Gasteiger partial charge >= 0.3 is 11.9 Å². The average Bonchev–Trinajstić information content (AvgIpc) is 2.83. The van der Waals surface area contributed by atoms with Crippen LogP contribution in [0.1, 0.15) is 55.4 Å². The first-order valence-corrected chi connectivity index (χ1v) is 10.9. The number of aromatic nitrogens is 1. The van der Waals surface area contributed by atoms with Crippen molar-refractivity contribution in [2.75, 3.05) is 37.6 Å². The number of aliphatic imine (C=N–C) groups is 1. The van der Waals surface area contributed by atoms with Crippen molar-refractivity contribution in [1.29, 1.82) is 0 Å². The fourth-order valence-electron chi connectivity index (χ4n) is 4.21. The standard InChI is InChI=1S/C22H29N5O3/c28-21(19-15-17(7-9-23-19)26-11-3-1-4-12-26)25-30-22(29)20-16-18(8-10-24-20)27-13-5-2-6-14-27/h8,10,15-16H,1-7,9,11-14H2,(H,25,28). The topological polar surface area (TPSA) is 87.1 Å². The molecular weight excluding hydrogens is 382 g/mol. The maximum absolute atomic E-state index is 12.5. The van der Waals surface area contributed by atoms with Crippen LogP contribution in [0.25, 0.3) is 0 Å². The molecule has 160 valence electrons. The first-order valence-electron chi connectivity index (χ1n) is 10.9. The summed E-state index contributed by atoms with van der Waals surface area (Å²) >= 11 is 0. The predicted molar refractivity (Wildman–Crippen MR) is 114 cm³/mol. The molecule has 3 aliphatic rings. The first kappa shape index (κ1) is 20.4. The number of nitrogens with one attached hydrogen (secondary N) is 1. The molecule has 0 aliphatic carbocycles. The van der Waals surface area contributed by atoms with Gasteiger partial charge in [-0.3, -0.25) is 9.79 Å². The normalized spacial score (nSPS) is 19.6. The van der Waals surface area contributed by atoms with Crippen LogP contribution in [-0.2, 0) is 9.63 Å². The van der Waals surface area contributed by atoms with Gasteiger partial charge in [-0.2, -0.15) is 5.48 Å². The first-order chi connectivity index (χ1) is 14.7. The molecule has 4 rings (SSSR count). The number of hydroxylamine groups is 1. The summed E-state index contributed by atoms with van der Waals surface area (Å²) in [6, 6.07) is 3.61. The maximum Gasteiger partial charge on any atom is 0.381 e. The smallest absolute Gasteiger partial charge is 0.375 e. The van der Waals surface area contributed by atoms with E-state index in [4.69, 9.17) is 4.84 Å². The number of carbonyl (C=O) groups is 2. The monoisotopic (exact) mass is 411 g/mol. The predicted octanol–water partition coefficient (Wildman–Crippen LogP) is 2.47. The quantitative estimate of drug-likeness (QED) is 0.766. The lowest BCUT2D eigenvalue weighted by atomic mass is 10.1. The molecule has 0 bridgehead atoms. The van der Waals surface area contributed by atoms with E-state index in [1.807, 2.05) is 12.1 Å². The van der Waals surface area contributed by atoms with Crippen LogP contribution in [0.15, 0.2) is 35.1 Å². The Hall–Kier alpha value is -2.90. The van der Waals surface area contributed by atoms with Crippen LogP contribution in [0, 0.1) is 0 Å². The van der Waals surface area contributed by atoms with Crippen molar-refractivity contribution in [3.63, 3.8) is 0 Å². The molecule has 1 aromatic heterocycles. The SMILES string of the molecule is O=C(NOC(=O)c1cc(N2CCCCC2)ccn1)C1=NCCC(N2CCCCC2)=C1. The van der Waals surface area contributed by atoms with E-state index in [1.165, 1.54) is 25.7 Å². The van der Waals surface area contributed by atoms with Gasteiger partial charge in [0, 0.05) is 56.7 Å². The highest BCUT2D eigenvalue weighted by Crippen LogP contribution is 2.21. The van der Waals surface area contributed by atoms with Gasteiger partial charge in [0.15, 0.2) is 5.69 Å². The number of piperidine rings is 2. The summed E-state index contributed by atoms with van der Waals surface area (Å²) in [7, 11) is 0. The Morgan fingerprint density at radius 1 is 0.967 bits per heavy atom. The van der Waals surface area contributed by atoms with E-state index < -0.39 is 11.9 Å². The Labute approximate surface area is 177 Å². The Bertz CT molecular complexity index is 839. The minimum Gasteiger partial charge on any atom is -0.375 e. The van der Waals surface area contributed by atoms with Crippen molar-refractivity contribution < 1.29 is 14.4 Å². The zero-order valence-corrected chi connectivity index (χ0v) is 17.3. The van der Waals surface area contributed by atoms with Crippen molar-refractivity contribution in [3.8, 4) is 0 Å². The minimum absolute atomic E-state index is 0.175. The van der Waals surface area contributed by atoms with Gasteiger partial charge < -0.3 is 14.6 Å².